The number of hydrogen-bond acceptors (Lipinski definition) is 3. The van der Waals surface area contributed by atoms with Crippen molar-refractivity contribution in [1.29, 1.82) is 0 Å². The number of unbranched alkanes of at least 4 members (excludes halogenated alkanes) is 12. The summed E-state index contributed by atoms with van der Waals surface area (Å²) in [5.41, 5.74) is 0. The monoisotopic (exact) mass is 336 g/mol. The molecule has 1 aliphatic heterocycles. The molecule has 140 valence electrons. The van der Waals surface area contributed by atoms with Crippen LogP contribution in [0.2, 0.25) is 0 Å². The minimum atomic E-state index is -0.447. The lowest BCUT2D eigenvalue weighted by Crippen LogP contribution is -2.39. The van der Waals surface area contributed by atoms with Gasteiger partial charge in [-0.2, -0.15) is 0 Å². The average Bonchev–Trinajstić information content (AvgIpc) is 3.04. The molecule has 0 aromatic heterocycles. The molecule has 0 radical (unpaired) electrons. The van der Waals surface area contributed by atoms with Crippen LogP contribution in [0.5, 0.6) is 0 Å². The Labute approximate surface area is 150 Å². The van der Waals surface area contributed by atoms with Crippen LogP contribution in [0, 0.1) is 0 Å². The number of rotatable bonds is 15. The van der Waals surface area contributed by atoms with Crippen LogP contribution in [-0.4, -0.2) is 22.4 Å². The van der Waals surface area contributed by atoms with Gasteiger partial charge in [0.05, 0.1) is 0 Å². The van der Waals surface area contributed by atoms with E-state index >= 15 is 0 Å². The maximum atomic E-state index is 9.64. The smallest absolute Gasteiger partial charge is 0.125 e. The van der Waals surface area contributed by atoms with E-state index in [1.807, 2.05) is 17.3 Å². The second kappa shape index (κ2) is 14.4. The molecule has 1 rings (SSSR count). The van der Waals surface area contributed by atoms with Crippen LogP contribution < -0.4 is 5.32 Å². The first-order chi connectivity index (χ1) is 11.8. The summed E-state index contributed by atoms with van der Waals surface area (Å²) in [5, 5.41) is 12.9. The highest BCUT2D eigenvalue weighted by Crippen LogP contribution is 2.13. The molecule has 0 fully saturated rings. The highest BCUT2D eigenvalue weighted by atomic mass is 16.3. The summed E-state index contributed by atoms with van der Waals surface area (Å²) in [6, 6.07) is 0. The van der Waals surface area contributed by atoms with Crippen molar-refractivity contribution in [2.75, 3.05) is 0 Å². The van der Waals surface area contributed by atoms with Crippen LogP contribution in [0.15, 0.2) is 24.6 Å². The number of nitrogens with zero attached hydrogens (tertiary/aromatic N) is 1. The lowest BCUT2D eigenvalue weighted by atomic mass is 10.0. The molecule has 0 aliphatic carbocycles. The summed E-state index contributed by atoms with van der Waals surface area (Å²) in [7, 11) is 0. The molecule has 0 amide bonds. The van der Waals surface area contributed by atoms with E-state index in [9.17, 15) is 5.11 Å². The fourth-order valence-corrected chi connectivity index (χ4v) is 3.25. The van der Waals surface area contributed by atoms with Crippen LogP contribution in [0.3, 0.4) is 0 Å². The first-order valence-electron chi connectivity index (χ1n) is 10.3. The van der Waals surface area contributed by atoms with Gasteiger partial charge in [0.15, 0.2) is 0 Å². The molecule has 0 saturated carbocycles. The zero-order valence-corrected chi connectivity index (χ0v) is 16.1. The second-order valence-electron chi connectivity index (χ2n) is 7.11. The van der Waals surface area contributed by atoms with Gasteiger partial charge in [-0.05, 0) is 25.8 Å². The average molecular weight is 337 g/mol. The predicted molar refractivity (Wildman–Crippen MR) is 104 cm³/mol. The first kappa shape index (κ1) is 21.1. The van der Waals surface area contributed by atoms with Gasteiger partial charge >= 0.3 is 0 Å². The molecular weight excluding hydrogens is 296 g/mol. The number of aliphatic hydroxyl groups is 1. The molecule has 1 heterocycles. The molecule has 0 saturated heterocycles. The molecule has 0 aromatic rings. The van der Waals surface area contributed by atoms with E-state index in [4.69, 9.17) is 0 Å². The third-order valence-corrected chi connectivity index (χ3v) is 4.81. The molecule has 3 nitrogen and oxygen atoms in total. The van der Waals surface area contributed by atoms with Gasteiger partial charge in [0, 0.05) is 12.4 Å². The Bertz CT molecular complexity index is 339. The number of hydrogen-bond donors (Lipinski definition) is 2. The van der Waals surface area contributed by atoms with Crippen molar-refractivity contribution >= 4 is 0 Å². The summed E-state index contributed by atoms with van der Waals surface area (Å²) in [6.07, 6.45) is 25.8. The van der Waals surface area contributed by atoms with Crippen molar-refractivity contribution < 1.29 is 5.11 Å². The fourth-order valence-electron chi connectivity index (χ4n) is 3.25. The summed E-state index contributed by atoms with van der Waals surface area (Å²) in [4.78, 5) is 1.92. The summed E-state index contributed by atoms with van der Waals surface area (Å²) >= 11 is 0. The van der Waals surface area contributed by atoms with Gasteiger partial charge in [0.25, 0.3) is 0 Å². The van der Waals surface area contributed by atoms with Gasteiger partial charge in [-0.1, -0.05) is 83.6 Å². The van der Waals surface area contributed by atoms with E-state index in [1.54, 1.807) is 6.92 Å². The highest BCUT2D eigenvalue weighted by molar-refractivity contribution is 5.04. The van der Waals surface area contributed by atoms with Gasteiger partial charge in [-0.25, -0.2) is 0 Å². The van der Waals surface area contributed by atoms with Gasteiger partial charge in [-0.15, -0.1) is 0 Å². The molecule has 0 aromatic carbocycles. The minimum Gasteiger partial charge on any atom is -0.374 e. The lowest BCUT2D eigenvalue weighted by Gasteiger charge is -2.25. The van der Waals surface area contributed by atoms with E-state index in [2.05, 4.69) is 24.4 Å². The van der Waals surface area contributed by atoms with Crippen LogP contribution in [-0.2, 0) is 0 Å². The van der Waals surface area contributed by atoms with Gasteiger partial charge in [0.1, 0.15) is 12.4 Å². The standard InChI is InChI=1S/C21H40N2O/c1-3-4-5-6-7-8-9-10-11-12-13-14-15-16-17-21-22-18-19-23(21)20(2)24/h16-22,24H,3-15H2,1-2H3/b17-16+. The van der Waals surface area contributed by atoms with Crippen molar-refractivity contribution in [2.45, 2.75) is 110 Å². The molecule has 0 bridgehead atoms. The summed E-state index contributed by atoms with van der Waals surface area (Å²) in [6.45, 7) is 4.08. The van der Waals surface area contributed by atoms with Gasteiger partial charge in [0.2, 0.25) is 0 Å². The molecule has 2 atom stereocenters. The maximum absolute atomic E-state index is 9.64. The lowest BCUT2D eigenvalue weighted by molar-refractivity contribution is 0.0408. The third kappa shape index (κ3) is 10.0. The summed E-state index contributed by atoms with van der Waals surface area (Å²) in [5.74, 6) is 0. The maximum Gasteiger partial charge on any atom is 0.125 e. The van der Waals surface area contributed by atoms with Crippen molar-refractivity contribution in [1.82, 2.24) is 10.2 Å². The predicted octanol–water partition coefficient (Wildman–Crippen LogP) is 5.67. The Morgan fingerprint density at radius 3 is 2.04 bits per heavy atom. The van der Waals surface area contributed by atoms with Crippen LogP contribution >= 0.6 is 0 Å². The molecule has 0 spiro atoms. The third-order valence-electron chi connectivity index (χ3n) is 4.81. The molecule has 2 unspecified atom stereocenters. The van der Waals surface area contributed by atoms with Gasteiger partial charge in [-0.3, -0.25) is 0 Å². The van der Waals surface area contributed by atoms with E-state index in [0.29, 0.717) is 0 Å². The van der Waals surface area contributed by atoms with Crippen molar-refractivity contribution in [2.24, 2.45) is 0 Å². The second-order valence-corrected chi connectivity index (χ2v) is 7.11. The highest BCUT2D eigenvalue weighted by Gasteiger charge is 2.18. The number of nitrogens with one attached hydrogen (secondary N) is 1. The number of aliphatic hydroxyl groups excluding tert-OH is 1. The van der Waals surface area contributed by atoms with Crippen molar-refractivity contribution in [3.05, 3.63) is 24.6 Å². The van der Waals surface area contributed by atoms with Crippen LogP contribution in [0.4, 0.5) is 0 Å². The molecule has 24 heavy (non-hydrogen) atoms. The topological polar surface area (TPSA) is 35.5 Å². The Kier molecular flexibility index (Phi) is 12.6. The minimum absolute atomic E-state index is 0.113. The fraction of sp³-hybridized carbons (Fsp3) is 0.810. The zero-order valence-electron chi connectivity index (χ0n) is 16.1. The Hall–Kier alpha value is -0.960. The quantitative estimate of drug-likeness (QED) is 0.298. The van der Waals surface area contributed by atoms with Crippen LogP contribution in [0.1, 0.15) is 97.3 Å². The van der Waals surface area contributed by atoms with E-state index in [1.165, 1.54) is 77.0 Å². The molecule has 2 N–H and O–H groups in total. The van der Waals surface area contributed by atoms with E-state index in [-0.39, 0.29) is 6.17 Å². The van der Waals surface area contributed by atoms with Crippen molar-refractivity contribution in [3.63, 3.8) is 0 Å². The first-order valence-corrected chi connectivity index (χ1v) is 10.3. The zero-order chi connectivity index (χ0) is 17.5. The van der Waals surface area contributed by atoms with E-state index < -0.39 is 6.23 Å². The Morgan fingerprint density at radius 1 is 0.958 bits per heavy atom. The normalized spacial score (nSPS) is 18.5. The summed E-state index contributed by atoms with van der Waals surface area (Å²) < 4.78 is 0. The van der Waals surface area contributed by atoms with Crippen molar-refractivity contribution in [3.8, 4) is 0 Å². The van der Waals surface area contributed by atoms with E-state index in [0.717, 1.165) is 6.42 Å². The molecule has 1 aliphatic rings. The Balaban J connectivity index is 1.85. The van der Waals surface area contributed by atoms with Crippen LogP contribution in [0.25, 0.3) is 0 Å². The SMILES string of the molecule is CCCCCCCCCCCCCC/C=C/C1NC=CN1C(C)O. The largest absolute Gasteiger partial charge is 0.374 e. The van der Waals surface area contributed by atoms with Gasteiger partial charge < -0.3 is 15.3 Å². The molecule has 3 heteroatoms. The molecular formula is C21H40N2O. The Morgan fingerprint density at radius 2 is 1.50 bits per heavy atom. The number of allylic oxidation sites excluding steroid dienone is 1.